The Balaban J connectivity index is 2.39. The van der Waals surface area contributed by atoms with Crippen LogP contribution >= 0.6 is 11.6 Å². The molecule has 1 aliphatic heterocycles. The van der Waals surface area contributed by atoms with Crippen LogP contribution in [0.2, 0.25) is 5.02 Å². The molecule has 118 valence electrons. The molecular formula is C15H22ClNO3S. The van der Waals surface area contributed by atoms with E-state index in [1.54, 1.807) is 13.0 Å². The quantitative estimate of drug-likeness (QED) is 0.926. The highest BCUT2D eigenvalue weighted by Gasteiger charge is 2.33. The number of benzene rings is 1. The third-order valence-electron chi connectivity index (χ3n) is 4.30. The molecule has 1 aromatic rings. The minimum atomic E-state index is -3.56. The van der Waals surface area contributed by atoms with Crippen LogP contribution in [0, 0.1) is 12.3 Å². The van der Waals surface area contributed by atoms with E-state index in [1.165, 1.54) is 10.4 Å². The molecule has 1 N–H and O–H groups in total. The van der Waals surface area contributed by atoms with Crippen molar-refractivity contribution >= 4 is 21.6 Å². The van der Waals surface area contributed by atoms with Gasteiger partial charge in [-0.3, -0.25) is 0 Å². The molecule has 6 heteroatoms. The molecule has 0 spiro atoms. The van der Waals surface area contributed by atoms with Crippen molar-refractivity contribution in [2.45, 2.75) is 45.1 Å². The van der Waals surface area contributed by atoms with E-state index in [2.05, 4.69) is 13.8 Å². The topological polar surface area (TPSA) is 57.6 Å². The monoisotopic (exact) mass is 331 g/mol. The highest BCUT2D eigenvalue weighted by molar-refractivity contribution is 7.89. The van der Waals surface area contributed by atoms with Crippen LogP contribution in [0.25, 0.3) is 0 Å². The fraction of sp³-hybridized carbons (Fsp3) is 0.600. The largest absolute Gasteiger partial charge is 0.392 e. The van der Waals surface area contributed by atoms with Crippen LogP contribution in [-0.2, 0) is 16.6 Å². The van der Waals surface area contributed by atoms with Crippen molar-refractivity contribution in [3.63, 3.8) is 0 Å². The molecule has 0 atom stereocenters. The van der Waals surface area contributed by atoms with Gasteiger partial charge in [-0.1, -0.05) is 25.4 Å². The summed E-state index contributed by atoms with van der Waals surface area (Å²) in [6.07, 6.45) is 1.69. The van der Waals surface area contributed by atoms with Gasteiger partial charge in [0.25, 0.3) is 0 Å². The molecule has 0 aliphatic carbocycles. The van der Waals surface area contributed by atoms with Gasteiger partial charge in [-0.15, -0.1) is 0 Å². The summed E-state index contributed by atoms with van der Waals surface area (Å²) >= 11 is 6.00. The Kier molecular flexibility index (Phi) is 4.69. The molecule has 0 bridgehead atoms. The Bertz CT molecular complexity index is 631. The summed E-state index contributed by atoms with van der Waals surface area (Å²) in [4.78, 5) is 0.207. The van der Waals surface area contributed by atoms with Crippen LogP contribution in [0.15, 0.2) is 17.0 Å². The number of aliphatic hydroxyl groups is 1. The maximum atomic E-state index is 12.8. The standard InChI is InChI=1S/C15H22ClNO3S/c1-11-12(10-18)8-13(16)9-14(11)21(19,20)17-6-4-15(2,3)5-7-17/h8-9,18H,4-7,10H2,1-3H3. The second-order valence-corrected chi connectivity index (χ2v) is 8.76. The number of rotatable bonds is 3. The van der Waals surface area contributed by atoms with Crippen LogP contribution in [0.1, 0.15) is 37.8 Å². The van der Waals surface area contributed by atoms with Gasteiger partial charge in [0.05, 0.1) is 11.5 Å². The van der Waals surface area contributed by atoms with Crippen molar-refractivity contribution in [1.29, 1.82) is 0 Å². The Hall–Kier alpha value is -0.620. The normalized spacial score (nSPS) is 19.7. The van der Waals surface area contributed by atoms with E-state index in [1.807, 2.05) is 0 Å². The van der Waals surface area contributed by atoms with Gasteiger partial charge in [-0.2, -0.15) is 4.31 Å². The molecule has 0 aromatic heterocycles. The Morgan fingerprint density at radius 1 is 1.29 bits per heavy atom. The van der Waals surface area contributed by atoms with E-state index in [0.29, 0.717) is 29.2 Å². The molecule has 1 aliphatic rings. The van der Waals surface area contributed by atoms with Crippen molar-refractivity contribution in [2.75, 3.05) is 13.1 Å². The van der Waals surface area contributed by atoms with Crippen LogP contribution in [0.4, 0.5) is 0 Å². The van der Waals surface area contributed by atoms with E-state index in [0.717, 1.165) is 12.8 Å². The summed E-state index contributed by atoms with van der Waals surface area (Å²) < 4.78 is 27.2. The van der Waals surface area contributed by atoms with E-state index < -0.39 is 10.0 Å². The lowest BCUT2D eigenvalue weighted by Gasteiger charge is -2.36. The zero-order chi connectivity index (χ0) is 15.8. The van der Waals surface area contributed by atoms with Gasteiger partial charge in [-0.05, 0) is 48.4 Å². The molecule has 4 nitrogen and oxygen atoms in total. The fourth-order valence-corrected chi connectivity index (χ4v) is 4.65. The van der Waals surface area contributed by atoms with Gasteiger partial charge in [-0.25, -0.2) is 8.42 Å². The number of halogens is 1. The summed E-state index contributed by atoms with van der Waals surface area (Å²) in [5.41, 5.74) is 1.32. The van der Waals surface area contributed by atoms with Crippen molar-refractivity contribution in [1.82, 2.24) is 4.31 Å². The number of nitrogens with zero attached hydrogens (tertiary/aromatic N) is 1. The number of aliphatic hydroxyl groups excluding tert-OH is 1. The summed E-state index contributed by atoms with van der Waals surface area (Å²) in [6, 6.07) is 3.08. The number of hydrogen-bond donors (Lipinski definition) is 1. The molecular weight excluding hydrogens is 310 g/mol. The smallest absolute Gasteiger partial charge is 0.243 e. The first-order chi connectivity index (χ1) is 9.67. The lowest BCUT2D eigenvalue weighted by molar-refractivity contribution is 0.196. The van der Waals surface area contributed by atoms with Crippen LogP contribution in [0.3, 0.4) is 0 Å². The highest BCUT2D eigenvalue weighted by atomic mass is 35.5. The molecule has 0 unspecified atom stereocenters. The first-order valence-electron chi connectivity index (χ1n) is 7.07. The second kappa shape index (κ2) is 5.88. The average molecular weight is 332 g/mol. The second-order valence-electron chi connectivity index (χ2n) is 6.41. The maximum Gasteiger partial charge on any atom is 0.243 e. The summed E-state index contributed by atoms with van der Waals surface area (Å²) in [6.45, 7) is 6.85. The Morgan fingerprint density at radius 3 is 2.38 bits per heavy atom. The molecule has 1 saturated heterocycles. The first-order valence-corrected chi connectivity index (χ1v) is 8.89. The predicted molar refractivity (Wildman–Crippen MR) is 83.9 cm³/mol. The van der Waals surface area contributed by atoms with Gasteiger partial charge < -0.3 is 5.11 Å². The fourth-order valence-electron chi connectivity index (χ4n) is 2.61. The highest BCUT2D eigenvalue weighted by Crippen LogP contribution is 2.34. The van der Waals surface area contributed by atoms with Gasteiger partial charge in [0, 0.05) is 18.1 Å². The molecule has 0 radical (unpaired) electrons. The minimum absolute atomic E-state index is 0.186. The Morgan fingerprint density at radius 2 is 1.86 bits per heavy atom. The molecule has 2 rings (SSSR count). The van der Waals surface area contributed by atoms with Gasteiger partial charge >= 0.3 is 0 Å². The minimum Gasteiger partial charge on any atom is -0.392 e. The predicted octanol–water partition coefficient (Wildman–Crippen LogP) is 2.95. The van der Waals surface area contributed by atoms with E-state index >= 15 is 0 Å². The van der Waals surface area contributed by atoms with Crippen molar-refractivity contribution in [3.05, 3.63) is 28.3 Å². The SMILES string of the molecule is Cc1c(CO)cc(Cl)cc1S(=O)(=O)N1CCC(C)(C)CC1. The number of piperidine rings is 1. The van der Waals surface area contributed by atoms with Crippen LogP contribution < -0.4 is 0 Å². The lowest BCUT2D eigenvalue weighted by Crippen LogP contribution is -2.41. The number of hydrogen-bond acceptors (Lipinski definition) is 3. The van der Waals surface area contributed by atoms with Crippen molar-refractivity contribution < 1.29 is 13.5 Å². The third kappa shape index (κ3) is 3.42. The summed E-state index contributed by atoms with van der Waals surface area (Å²) in [5, 5.41) is 9.68. The zero-order valence-corrected chi connectivity index (χ0v) is 14.3. The molecule has 1 heterocycles. The number of sulfonamides is 1. The average Bonchev–Trinajstić information content (AvgIpc) is 2.40. The molecule has 0 saturated carbocycles. The van der Waals surface area contributed by atoms with Crippen LogP contribution in [0.5, 0.6) is 0 Å². The first kappa shape index (κ1) is 16.7. The van der Waals surface area contributed by atoms with Crippen molar-refractivity contribution in [3.8, 4) is 0 Å². The van der Waals surface area contributed by atoms with Gasteiger partial charge in [0.15, 0.2) is 0 Å². The van der Waals surface area contributed by atoms with E-state index in [9.17, 15) is 13.5 Å². The summed E-state index contributed by atoms with van der Waals surface area (Å²) in [7, 11) is -3.56. The molecule has 1 fully saturated rings. The van der Waals surface area contributed by atoms with Gasteiger partial charge in [0.1, 0.15) is 0 Å². The maximum absolute atomic E-state index is 12.8. The van der Waals surface area contributed by atoms with Gasteiger partial charge in [0.2, 0.25) is 10.0 Å². The van der Waals surface area contributed by atoms with Crippen molar-refractivity contribution in [2.24, 2.45) is 5.41 Å². The van der Waals surface area contributed by atoms with E-state index in [-0.39, 0.29) is 16.9 Å². The van der Waals surface area contributed by atoms with Crippen LogP contribution in [-0.4, -0.2) is 30.9 Å². The molecule has 21 heavy (non-hydrogen) atoms. The lowest BCUT2D eigenvalue weighted by atomic mass is 9.83. The Labute approximate surface area is 131 Å². The third-order valence-corrected chi connectivity index (χ3v) is 6.54. The summed E-state index contributed by atoms with van der Waals surface area (Å²) in [5.74, 6) is 0. The zero-order valence-electron chi connectivity index (χ0n) is 12.7. The molecule has 0 amide bonds. The van der Waals surface area contributed by atoms with E-state index in [4.69, 9.17) is 11.6 Å². The molecule has 1 aromatic carbocycles.